The topological polar surface area (TPSA) is 96.0 Å². The van der Waals surface area contributed by atoms with Crippen LogP contribution in [0.25, 0.3) is 0 Å². The van der Waals surface area contributed by atoms with Crippen molar-refractivity contribution < 1.29 is 22.7 Å². The van der Waals surface area contributed by atoms with Crippen molar-refractivity contribution in [1.82, 2.24) is 14.5 Å². The summed E-state index contributed by atoms with van der Waals surface area (Å²) < 4.78 is 33.4. The SMILES string of the molecule is COCCCNC(=O)C1CCN(C(=O)c2cc(C)c(C)c(S(=O)(=O)N3CCC(C)CC3)c2)CC1. The van der Waals surface area contributed by atoms with E-state index in [0.29, 0.717) is 69.2 Å². The highest BCUT2D eigenvalue weighted by molar-refractivity contribution is 7.89. The number of rotatable bonds is 8. The number of likely N-dealkylation sites (tertiary alicyclic amines) is 1. The highest BCUT2D eigenvalue weighted by atomic mass is 32.2. The molecule has 0 bridgehead atoms. The Labute approximate surface area is 204 Å². The second-order valence-corrected chi connectivity index (χ2v) is 11.6. The maximum Gasteiger partial charge on any atom is 0.253 e. The van der Waals surface area contributed by atoms with Crippen LogP contribution in [0.5, 0.6) is 0 Å². The fraction of sp³-hybridized carbons (Fsp3) is 0.680. The summed E-state index contributed by atoms with van der Waals surface area (Å²) in [6, 6.07) is 3.33. The number of nitrogens with zero attached hydrogens (tertiary/aromatic N) is 2. The third-order valence-electron chi connectivity index (χ3n) is 7.20. The van der Waals surface area contributed by atoms with Gasteiger partial charge in [0.25, 0.3) is 5.91 Å². The molecule has 0 unspecified atom stereocenters. The minimum atomic E-state index is -3.66. The Morgan fingerprint density at radius 2 is 1.71 bits per heavy atom. The van der Waals surface area contributed by atoms with E-state index >= 15 is 0 Å². The van der Waals surface area contributed by atoms with Crippen LogP contribution in [0, 0.1) is 25.7 Å². The number of benzene rings is 1. The normalized spacial score (nSPS) is 18.8. The van der Waals surface area contributed by atoms with E-state index in [1.54, 1.807) is 35.4 Å². The predicted molar refractivity (Wildman–Crippen MR) is 131 cm³/mol. The molecule has 1 aromatic carbocycles. The second kappa shape index (κ2) is 11.6. The lowest BCUT2D eigenvalue weighted by Gasteiger charge is -2.32. The van der Waals surface area contributed by atoms with E-state index in [2.05, 4.69) is 12.2 Å². The Bertz CT molecular complexity index is 979. The number of ether oxygens (including phenoxy) is 1. The number of carbonyl (C=O) groups is 2. The highest BCUT2D eigenvalue weighted by Crippen LogP contribution is 2.29. The number of aryl methyl sites for hydroxylation is 1. The largest absolute Gasteiger partial charge is 0.385 e. The van der Waals surface area contributed by atoms with Crippen LogP contribution in [-0.4, -0.2) is 75.9 Å². The van der Waals surface area contributed by atoms with Crippen LogP contribution in [0.1, 0.15) is 60.5 Å². The first-order chi connectivity index (χ1) is 16.1. The molecule has 2 fully saturated rings. The van der Waals surface area contributed by atoms with E-state index in [0.717, 1.165) is 24.8 Å². The van der Waals surface area contributed by atoms with Gasteiger partial charge in [-0.2, -0.15) is 4.31 Å². The molecule has 2 aliphatic heterocycles. The van der Waals surface area contributed by atoms with Gasteiger partial charge < -0.3 is 15.0 Å². The summed E-state index contributed by atoms with van der Waals surface area (Å²) in [6.45, 7) is 8.99. The molecule has 2 amide bonds. The Balaban J connectivity index is 1.68. The molecule has 3 rings (SSSR count). The first kappa shape index (κ1) is 26.6. The average Bonchev–Trinajstić information content (AvgIpc) is 2.83. The molecule has 0 atom stereocenters. The van der Waals surface area contributed by atoms with Gasteiger partial charge in [-0.15, -0.1) is 0 Å². The quantitative estimate of drug-likeness (QED) is 0.562. The molecule has 2 heterocycles. The van der Waals surface area contributed by atoms with Crippen molar-refractivity contribution >= 4 is 21.8 Å². The molecule has 9 heteroatoms. The molecule has 0 spiro atoms. The molecular weight excluding hydrogens is 454 g/mol. The van der Waals surface area contributed by atoms with Crippen LogP contribution in [0.2, 0.25) is 0 Å². The lowest BCUT2D eigenvalue weighted by molar-refractivity contribution is -0.126. The number of carbonyl (C=O) groups excluding carboxylic acids is 2. The highest BCUT2D eigenvalue weighted by Gasteiger charge is 2.32. The zero-order chi connectivity index (χ0) is 24.9. The summed E-state index contributed by atoms with van der Waals surface area (Å²) in [5.74, 6) is 0.269. The van der Waals surface area contributed by atoms with Crippen LogP contribution < -0.4 is 5.32 Å². The number of piperidine rings is 2. The third-order valence-corrected chi connectivity index (χ3v) is 9.23. The molecule has 1 N–H and O–H groups in total. The summed E-state index contributed by atoms with van der Waals surface area (Å²) in [6.07, 6.45) is 3.68. The van der Waals surface area contributed by atoms with E-state index in [1.165, 1.54) is 0 Å². The standard InChI is InChI=1S/C25H39N3O5S/c1-18-6-13-28(14-7-18)34(31,32)23-17-22(16-19(2)20(23)3)25(30)27-11-8-21(9-12-27)24(29)26-10-5-15-33-4/h16-18,21H,5-15H2,1-4H3,(H,26,29). The van der Waals surface area contributed by atoms with Gasteiger partial charge in [0.15, 0.2) is 0 Å². The van der Waals surface area contributed by atoms with E-state index in [9.17, 15) is 18.0 Å². The molecule has 0 aliphatic carbocycles. The van der Waals surface area contributed by atoms with E-state index < -0.39 is 10.0 Å². The van der Waals surface area contributed by atoms with Crippen molar-refractivity contribution in [1.29, 1.82) is 0 Å². The molecule has 1 aromatic rings. The maximum absolute atomic E-state index is 13.4. The van der Waals surface area contributed by atoms with E-state index in [-0.39, 0.29) is 22.6 Å². The molecule has 2 saturated heterocycles. The first-order valence-corrected chi connectivity index (χ1v) is 13.8. The van der Waals surface area contributed by atoms with Gasteiger partial charge in [-0.25, -0.2) is 8.42 Å². The molecule has 34 heavy (non-hydrogen) atoms. The van der Waals surface area contributed by atoms with Gasteiger partial charge in [0.05, 0.1) is 4.90 Å². The molecule has 0 radical (unpaired) electrons. The van der Waals surface area contributed by atoms with Gasteiger partial charge in [0.1, 0.15) is 0 Å². The summed E-state index contributed by atoms with van der Waals surface area (Å²) in [5.41, 5.74) is 1.88. The lowest BCUT2D eigenvalue weighted by Crippen LogP contribution is -2.43. The molecule has 8 nitrogen and oxygen atoms in total. The van der Waals surface area contributed by atoms with Gasteiger partial charge in [-0.1, -0.05) is 6.92 Å². The Morgan fingerprint density at radius 3 is 2.32 bits per heavy atom. The average molecular weight is 494 g/mol. The molecule has 190 valence electrons. The van der Waals surface area contributed by atoms with Crippen molar-refractivity contribution in [2.24, 2.45) is 11.8 Å². The number of nitrogens with one attached hydrogen (secondary N) is 1. The van der Waals surface area contributed by atoms with Crippen LogP contribution in [0.3, 0.4) is 0 Å². The van der Waals surface area contributed by atoms with Crippen LogP contribution >= 0.6 is 0 Å². The van der Waals surface area contributed by atoms with E-state index in [4.69, 9.17) is 4.74 Å². The minimum absolute atomic E-state index is 0.0265. The van der Waals surface area contributed by atoms with Crippen LogP contribution in [0.4, 0.5) is 0 Å². The van der Waals surface area contributed by atoms with Crippen molar-refractivity contribution in [2.45, 2.75) is 57.8 Å². The monoisotopic (exact) mass is 493 g/mol. The lowest BCUT2D eigenvalue weighted by atomic mass is 9.95. The summed E-state index contributed by atoms with van der Waals surface area (Å²) >= 11 is 0. The number of sulfonamides is 1. The summed E-state index contributed by atoms with van der Waals surface area (Å²) in [4.78, 5) is 27.6. The molecule has 0 saturated carbocycles. The Hall–Kier alpha value is -1.97. The van der Waals surface area contributed by atoms with Crippen molar-refractivity contribution in [3.05, 3.63) is 28.8 Å². The minimum Gasteiger partial charge on any atom is -0.385 e. The number of hydrogen-bond acceptors (Lipinski definition) is 5. The van der Waals surface area contributed by atoms with Gasteiger partial charge >= 0.3 is 0 Å². The molecule has 2 aliphatic rings. The van der Waals surface area contributed by atoms with Crippen molar-refractivity contribution in [3.8, 4) is 0 Å². The van der Waals surface area contributed by atoms with Crippen molar-refractivity contribution in [3.63, 3.8) is 0 Å². The Kier molecular flexibility index (Phi) is 9.12. The third kappa shape index (κ3) is 6.17. The number of amides is 2. The van der Waals surface area contributed by atoms with E-state index in [1.807, 2.05) is 6.92 Å². The van der Waals surface area contributed by atoms with Gasteiger partial charge in [0, 0.05) is 57.9 Å². The zero-order valence-corrected chi connectivity index (χ0v) is 21.7. The first-order valence-electron chi connectivity index (χ1n) is 12.3. The Morgan fingerprint density at radius 1 is 1.06 bits per heavy atom. The summed E-state index contributed by atoms with van der Waals surface area (Å²) in [5, 5.41) is 2.94. The fourth-order valence-corrected chi connectivity index (χ4v) is 6.48. The smallest absolute Gasteiger partial charge is 0.253 e. The molecule has 0 aromatic heterocycles. The summed E-state index contributed by atoms with van der Waals surface area (Å²) in [7, 11) is -2.02. The predicted octanol–water partition coefficient (Wildman–Crippen LogP) is 2.73. The zero-order valence-electron chi connectivity index (χ0n) is 20.9. The maximum atomic E-state index is 13.4. The fourth-order valence-electron chi connectivity index (χ4n) is 4.68. The van der Waals surface area contributed by atoms with Gasteiger partial charge in [0.2, 0.25) is 15.9 Å². The van der Waals surface area contributed by atoms with Gasteiger partial charge in [-0.05, 0) is 75.1 Å². The van der Waals surface area contributed by atoms with Crippen molar-refractivity contribution in [2.75, 3.05) is 46.4 Å². The second-order valence-electron chi connectivity index (χ2n) is 9.71. The van der Waals surface area contributed by atoms with Crippen LogP contribution in [-0.2, 0) is 19.6 Å². The number of hydrogen-bond donors (Lipinski definition) is 1. The van der Waals surface area contributed by atoms with Crippen LogP contribution in [0.15, 0.2) is 17.0 Å². The molecular formula is C25H39N3O5S. The number of methoxy groups -OCH3 is 1. The van der Waals surface area contributed by atoms with Gasteiger partial charge in [-0.3, -0.25) is 9.59 Å².